The second-order valence-electron chi connectivity index (χ2n) is 2.91. The molecule has 1 aromatic heterocycles. The Balaban J connectivity index is 2.71. The van der Waals surface area contributed by atoms with E-state index in [4.69, 9.17) is 5.73 Å². The molecule has 90 valence electrons. The molecular weight excluding hydrogens is 309 g/mol. The summed E-state index contributed by atoms with van der Waals surface area (Å²) in [5, 5.41) is 0. The quantitative estimate of drug-likeness (QED) is 0.931. The first-order chi connectivity index (χ1) is 7.29. The van der Waals surface area contributed by atoms with Crippen LogP contribution in [0.2, 0.25) is 0 Å². The molecule has 0 aliphatic heterocycles. The molecule has 0 fully saturated rings. The Hall–Kier alpha value is -0.630. The fraction of sp³-hybridized carbons (Fsp3) is 0.375. The van der Waals surface area contributed by atoms with Crippen LogP contribution in [0.3, 0.4) is 0 Å². The molecule has 0 unspecified atom stereocenters. The molecule has 1 rings (SSSR count). The van der Waals surface area contributed by atoms with E-state index in [1.807, 2.05) is 0 Å². The lowest BCUT2D eigenvalue weighted by molar-refractivity contribution is -0.0328. The average molecular weight is 317 g/mol. The molecule has 2 N–H and O–H groups in total. The first-order valence-corrected chi connectivity index (χ1v) is 5.93. The van der Waals surface area contributed by atoms with Crippen LogP contribution in [0.15, 0.2) is 21.5 Å². The maximum atomic E-state index is 11.9. The van der Waals surface area contributed by atoms with Gasteiger partial charge in [-0.1, -0.05) is 0 Å². The Morgan fingerprint density at radius 2 is 2.12 bits per heavy atom. The number of aromatic nitrogens is 1. The van der Waals surface area contributed by atoms with Crippen molar-refractivity contribution in [2.45, 2.75) is 12.1 Å². The highest BCUT2D eigenvalue weighted by Gasteiger charge is 2.27. The lowest BCUT2D eigenvalue weighted by atomic mass is 10.4. The molecule has 0 radical (unpaired) electrons. The number of nitrogen functional groups attached to an aromatic ring is 1. The van der Waals surface area contributed by atoms with Gasteiger partial charge >= 0.3 is 5.51 Å². The molecule has 0 saturated carbocycles. The topological polar surface area (TPSA) is 48.0 Å². The van der Waals surface area contributed by atoms with Gasteiger partial charge in [0, 0.05) is 24.2 Å². The van der Waals surface area contributed by atoms with E-state index in [9.17, 15) is 18.0 Å². The van der Waals surface area contributed by atoms with Gasteiger partial charge in [-0.05, 0) is 33.8 Å². The van der Waals surface area contributed by atoms with Gasteiger partial charge in [0.1, 0.15) is 0 Å². The minimum atomic E-state index is -4.28. The highest BCUT2D eigenvalue weighted by Crippen LogP contribution is 2.29. The summed E-state index contributed by atoms with van der Waals surface area (Å²) in [4.78, 5) is 11.4. The largest absolute Gasteiger partial charge is 0.441 e. The molecule has 0 aliphatic carbocycles. The van der Waals surface area contributed by atoms with Crippen molar-refractivity contribution >= 4 is 33.4 Å². The summed E-state index contributed by atoms with van der Waals surface area (Å²) in [5.41, 5.74) is 1.12. The predicted octanol–water partition coefficient (Wildman–Crippen LogP) is 2.45. The SMILES string of the molecule is Nc1cc(Br)c(=O)n(CCSC(F)(F)F)c1. The third kappa shape index (κ3) is 4.09. The zero-order chi connectivity index (χ0) is 12.3. The van der Waals surface area contributed by atoms with E-state index in [1.165, 1.54) is 12.3 Å². The maximum absolute atomic E-state index is 11.9. The van der Waals surface area contributed by atoms with Crippen LogP contribution in [-0.2, 0) is 6.54 Å². The molecule has 16 heavy (non-hydrogen) atoms. The Labute approximate surface area is 102 Å². The minimum Gasteiger partial charge on any atom is -0.398 e. The number of pyridine rings is 1. The summed E-state index contributed by atoms with van der Waals surface area (Å²) in [6, 6.07) is 1.41. The highest BCUT2D eigenvalue weighted by atomic mass is 79.9. The van der Waals surface area contributed by atoms with Gasteiger partial charge in [-0.15, -0.1) is 0 Å². The zero-order valence-corrected chi connectivity index (χ0v) is 10.3. The fourth-order valence-electron chi connectivity index (χ4n) is 1.05. The third-order valence-electron chi connectivity index (χ3n) is 1.66. The number of thioether (sulfide) groups is 1. The molecule has 3 nitrogen and oxygen atoms in total. The van der Waals surface area contributed by atoms with Crippen molar-refractivity contribution in [2.24, 2.45) is 0 Å². The van der Waals surface area contributed by atoms with Crippen molar-refractivity contribution in [2.75, 3.05) is 11.5 Å². The molecule has 0 aromatic carbocycles. The monoisotopic (exact) mass is 316 g/mol. The van der Waals surface area contributed by atoms with Crippen LogP contribution in [0.25, 0.3) is 0 Å². The van der Waals surface area contributed by atoms with Crippen LogP contribution in [0.1, 0.15) is 0 Å². The molecule has 0 amide bonds. The second-order valence-corrected chi connectivity index (χ2v) is 4.93. The minimum absolute atomic E-state index is 0.0351. The smallest absolute Gasteiger partial charge is 0.398 e. The molecule has 0 atom stereocenters. The number of nitrogens with two attached hydrogens (primary N) is 1. The lowest BCUT2D eigenvalue weighted by Gasteiger charge is -2.08. The molecule has 0 saturated heterocycles. The number of aryl methyl sites for hydroxylation is 1. The Kier molecular flexibility index (Phi) is 4.31. The van der Waals surface area contributed by atoms with Crippen LogP contribution in [0.5, 0.6) is 0 Å². The predicted molar refractivity (Wildman–Crippen MR) is 61.3 cm³/mol. The van der Waals surface area contributed by atoms with Gasteiger partial charge in [-0.2, -0.15) is 13.2 Å². The van der Waals surface area contributed by atoms with Crippen molar-refractivity contribution in [3.63, 3.8) is 0 Å². The summed E-state index contributed by atoms with van der Waals surface area (Å²) in [7, 11) is 0. The number of anilines is 1. The van der Waals surface area contributed by atoms with E-state index in [2.05, 4.69) is 15.9 Å². The van der Waals surface area contributed by atoms with Crippen molar-refractivity contribution < 1.29 is 13.2 Å². The van der Waals surface area contributed by atoms with E-state index in [0.717, 1.165) is 4.57 Å². The van der Waals surface area contributed by atoms with Crippen LogP contribution < -0.4 is 11.3 Å². The number of hydrogen-bond donors (Lipinski definition) is 1. The number of halogens is 4. The normalized spacial score (nSPS) is 11.8. The fourth-order valence-corrected chi connectivity index (χ4v) is 2.06. The van der Waals surface area contributed by atoms with Crippen molar-refractivity contribution in [1.29, 1.82) is 0 Å². The van der Waals surface area contributed by atoms with E-state index >= 15 is 0 Å². The van der Waals surface area contributed by atoms with Crippen LogP contribution >= 0.6 is 27.7 Å². The average Bonchev–Trinajstić information content (AvgIpc) is 2.11. The van der Waals surface area contributed by atoms with Crippen molar-refractivity contribution in [1.82, 2.24) is 4.57 Å². The number of nitrogens with zero attached hydrogens (tertiary/aromatic N) is 1. The summed E-state index contributed by atoms with van der Waals surface area (Å²) >= 11 is 2.82. The third-order valence-corrected chi connectivity index (χ3v) is 2.94. The standard InChI is InChI=1S/C8H8BrF3N2OS/c9-6-3-5(13)4-14(7(6)15)1-2-16-8(10,11)12/h3-4H,1-2,13H2. The summed E-state index contributed by atoms with van der Waals surface area (Å²) < 4.78 is 37.0. The molecule has 1 aromatic rings. The number of alkyl halides is 3. The van der Waals surface area contributed by atoms with Crippen LogP contribution in [0.4, 0.5) is 18.9 Å². The molecule has 1 heterocycles. The van der Waals surface area contributed by atoms with Crippen LogP contribution in [0, 0.1) is 0 Å². The van der Waals surface area contributed by atoms with E-state index in [-0.39, 0.29) is 28.5 Å². The maximum Gasteiger partial charge on any atom is 0.441 e. The van der Waals surface area contributed by atoms with Gasteiger partial charge < -0.3 is 10.3 Å². The second kappa shape index (κ2) is 5.13. The first-order valence-electron chi connectivity index (χ1n) is 4.16. The molecule has 0 aliphatic rings. The van der Waals surface area contributed by atoms with E-state index in [0.29, 0.717) is 5.69 Å². The van der Waals surface area contributed by atoms with Gasteiger partial charge in [0.15, 0.2) is 0 Å². The molecule has 8 heteroatoms. The first kappa shape index (κ1) is 13.4. The van der Waals surface area contributed by atoms with Gasteiger partial charge in [0.25, 0.3) is 5.56 Å². The summed E-state index contributed by atoms with van der Waals surface area (Å²) in [6.45, 7) is -0.0351. The summed E-state index contributed by atoms with van der Waals surface area (Å²) in [6.07, 6.45) is 1.32. The van der Waals surface area contributed by atoms with Gasteiger partial charge in [0.05, 0.1) is 4.47 Å². The van der Waals surface area contributed by atoms with Crippen molar-refractivity contribution in [3.8, 4) is 0 Å². The van der Waals surface area contributed by atoms with Gasteiger partial charge in [-0.3, -0.25) is 4.79 Å². The summed E-state index contributed by atoms with van der Waals surface area (Å²) in [5.74, 6) is -0.223. The lowest BCUT2D eigenvalue weighted by Crippen LogP contribution is -2.22. The van der Waals surface area contributed by atoms with Crippen molar-refractivity contribution in [3.05, 3.63) is 27.1 Å². The van der Waals surface area contributed by atoms with E-state index < -0.39 is 11.1 Å². The molecule has 0 spiro atoms. The molecular formula is C8H8BrF3N2OS. The Morgan fingerprint density at radius 1 is 1.50 bits per heavy atom. The van der Waals surface area contributed by atoms with Gasteiger partial charge in [0.2, 0.25) is 0 Å². The molecule has 0 bridgehead atoms. The number of rotatable bonds is 3. The highest BCUT2D eigenvalue weighted by molar-refractivity contribution is 9.10. The van der Waals surface area contributed by atoms with Crippen LogP contribution in [-0.4, -0.2) is 15.8 Å². The number of hydrogen-bond acceptors (Lipinski definition) is 3. The van der Waals surface area contributed by atoms with E-state index in [1.54, 1.807) is 0 Å². The Morgan fingerprint density at radius 3 is 2.69 bits per heavy atom. The zero-order valence-electron chi connectivity index (χ0n) is 7.92. The van der Waals surface area contributed by atoms with Gasteiger partial charge in [-0.25, -0.2) is 0 Å². The Bertz CT molecular complexity index is 432.